The number of benzene rings is 1. The van der Waals surface area contributed by atoms with E-state index in [1.165, 1.54) is 11.1 Å². The lowest BCUT2D eigenvalue weighted by Gasteiger charge is -2.22. The number of hydrogen-bond acceptors (Lipinski definition) is 2. The Labute approximate surface area is 91.9 Å². The molecule has 0 fully saturated rings. The molecule has 2 heteroatoms. The monoisotopic (exact) mass is 208 g/mol. The normalized spacial score (nSPS) is 15.0. The first kappa shape index (κ1) is 12.2. The molecular weight excluding hydrogens is 188 g/mol. The van der Waals surface area contributed by atoms with E-state index in [2.05, 4.69) is 32.0 Å². The second-order valence-electron chi connectivity index (χ2n) is 4.60. The van der Waals surface area contributed by atoms with Gasteiger partial charge in [0.15, 0.2) is 0 Å². The molecule has 1 atom stereocenters. The van der Waals surface area contributed by atoms with Crippen molar-refractivity contribution in [2.24, 2.45) is 0 Å². The highest BCUT2D eigenvalue weighted by Crippen LogP contribution is 2.16. The molecule has 0 aliphatic carbocycles. The van der Waals surface area contributed by atoms with Gasteiger partial charge < -0.3 is 9.84 Å². The van der Waals surface area contributed by atoms with Crippen molar-refractivity contribution in [1.82, 2.24) is 0 Å². The van der Waals surface area contributed by atoms with E-state index >= 15 is 0 Å². The van der Waals surface area contributed by atoms with Gasteiger partial charge in [0.2, 0.25) is 0 Å². The summed E-state index contributed by atoms with van der Waals surface area (Å²) in [6.07, 6.45) is 0.628. The molecule has 0 aliphatic heterocycles. The molecule has 0 heterocycles. The Bertz CT molecular complexity index is 309. The number of ether oxygens (including phenoxy) is 1. The standard InChI is InChI=1S/C13H20O2/c1-10-5-11(2)7-12(6-10)8-13(3,14)9-15-4/h5-7,14H,8-9H2,1-4H3. The van der Waals surface area contributed by atoms with Crippen LogP contribution in [0.3, 0.4) is 0 Å². The minimum Gasteiger partial charge on any atom is -0.387 e. The SMILES string of the molecule is COCC(C)(O)Cc1cc(C)cc(C)c1. The maximum Gasteiger partial charge on any atom is 0.0892 e. The van der Waals surface area contributed by atoms with Gasteiger partial charge in [0.05, 0.1) is 12.2 Å². The molecule has 0 saturated carbocycles. The van der Waals surface area contributed by atoms with E-state index in [1.54, 1.807) is 14.0 Å². The molecule has 1 rings (SSSR count). The van der Waals surface area contributed by atoms with Crippen LogP contribution in [0.4, 0.5) is 0 Å². The molecule has 84 valence electrons. The van der Waals surface area contributed by atoms with E-state index in [0.29, 0.717) is 13.0 Å². The third-order valence-corrected chi connectivity index (χ3v) is 2.32. The number of aliphatic hydroxyl groups is 1. The van der Waals surface area contributed by atoms with Gasteiger partial charge in [0.1, 0.15) is 0 Å². The van der Waals surface area contributed by atoms with E-state index in [1.807, 2.05) is 0 Å². The minimum atomic E-state index is -0.783. The van der Waals surface area contributed by atoms with Crippen molar-refractivity contribution < 1.29 is 9.84 Å². The van der Waals surface area contributed by atoms with E-state index in [0.717, 1.165) is 5.56 Å². The molecule has 0 spiro atoms. The third-order valence-electron chi connectivity index (χ3n) is 2.32. The van der Waals surface area contributed by atoms with Crippen molar-refractivity contribution in [1.29, 1.82) is 0 Å². The van der Waals surface area contributed by atoms with Crippen LogP contribution in [0.2, 0.25) is 0 Å². The lowest BCUT2D eigenvalue weighted by Crippen LogP contribution is -2.32. The first-order valence-electron chi connectivity index (χ1n) is 5.21. The van der Waals surface area contributed by atoms with E-state index in [-0.39, 0.29) is 0 Å². The van der Waals surface area contributed by atoms with Crippen LogP contribution >= 0.6 is 0 Å². The summed E-state index contributed by atoms with van der Waals surface area (Å²) >= 11 is 0. The topological polar surface area (TPSA) is 29.5 Å². The van der Waals surface area contributed by atoms with Gasteiger partial charge in [-0.3, -0.25) is 0 Å². The molecule has 0 amide bonds. The van der Waals surface area contributed by atoms with Crippen molar-refractivity contribution in [2.45, 2.75) is 32.8 Å². The first-order chi connectivity index (χ1) is 6.93. The van der Waals surface area contributed by atoms with E-state index in [9.17, 15) is 5.11 Å². The van der Waals surface area contributed by atoms with Gasteiger partial charge in [-0.25, -0.2) is 0 Å². The maximum atomic E-state index is 10.0. The van der Waals surface area contributed by atoms with Crippen LogP contribution in [0.1, 0.15) is 23.6 Å². The number of methoxy groups -OCH3 is 1. The Morgan fingerprint density at radius 1 is 1.20 bits per heavy atom. The molecule has 0 radical (unpaired) electrons. The Hall–Kier alpha value is -0.860. The van der Waals surface area contributed by atoms with Gasteiger partial charge in [-0.05, 0) is 26.3 Å². The lowest BCUT2D eigenvalue weighted by molar-refractivity contribution is -0.0161. The molecule has 0 saturated heterocycles. The molecule has 1 N–H and O–H groups in total. The predicted octanol–water partition coefficient (Wildman–Crippen LogP) is 2.24. The zero-order valence-corrected chi connectivity index (χ0v) is 10.0. The molecule has 1 unspecified atom stereocenters. The largest absolute Gasteiger partial charge is 0.387 e. The second kappa shape index (κ2) is 4.77. The number of rotatable bonds is 4. The van der Waals surface area contributed by atoms with Gasteiger partial charge >= 0.3 is 0 Å². The first-order valence-corrected chi connectivity index (χ1v) is 5.21. The molecule has 1 aromatic carbocycles. The molecule has 0 aromatic heterocycles. The zero-order valence-electron chi connectivity index (χ0n) is 10.0. The van der Waals surface area contributed by atoms with Crippen LogP contribution in [0, 0.1) is 13.8 Å². The Balaban J connectivity index is 2.80. The fourth-order valence-electron chi connectivity index (χ4n) is 1.97. The summed E-state index contributed by atoms with van der Waals surface area (Å²) in [6, 6.07) is 6.35. The lowest BCUT2D eigenvalue weighted by atomic mass is 9.95. The fourth-order valence-corrected chi connectivity index (χ4v) is 1.97. The quantitative estimate of drug-likeness (QED) is 0.822. The van der Waals surface area contributed by atoms with Crippen molar-refractivity contribution in [3.63, 3.8) is 0 Å². The van der Waals surface area contributed by atoms with Gasteiger partial charge in [0.25, 0.3) is 0 Å². The molecule has 0 bridgehead atoms. The Morgan fingerprint density at radius 3 is 2.20 bits per heavy atom. The Kier molecular flexibility index (Phi) is 3.89. The molecule has 1 aromatic rings. The smallest absolute Gasteiger partial charge is 0.0892 e. The highest BCUT2D eigenvalue weighted by molar-refractivity contribution is 5.29. The molecule has 0 aliphatic rings. The summed E-state index contributed by atoms with van der Waals surface area (Å²) in [5.41, 5.74) is 2.85. The Morgan fingerprint density at radius 2 is 1.73 bits per heavy atom. The molecule has 15 heavy (non-hydrogen) atoms. The summed E-state index contributed by atoms with van der Waals surface area (Å²) < 4.78 is 4.99. The summed E-state index contributed by atoms with van der Waals surface area (Å²) in [6.45, 7) is 6.30. The molecular formula is C13H20O2. The van der Waals surface area contributed by atoms with Gasteiger partial charge in [0, 0.05) is 13.5 Å². The summed E-state index contributed by atoms with van der Waals surface area (Å²) in [5, 5.41) is 10.0. The third kappa shape index (κ3) is 4.02. The predicted molar refractivity (Wildman–Crippen MR) is 62.1 cm³/mol. The summed E-state index contributed by atoms with van der Waals surface area (Å²) in [5.74, 6) is 0. The minimum absolute atomic E-state index is 0.361. The highest BCUT2D eigenvalue weighted by Gasteiger charge is 2.20. The van der Waals surface area contributed by atoms with Crippen LogP contribution < -0.4 is 0 Å². The van der Waals surface area contributed by atoms with Crippen LogP contribution in [-0.2, 0) is 11.2 Å². The molecule has 2 nitrogen and oxygen atoms in total. The summed E-state index contributed by atoms with van der Waals surface area (Å²) in [4.78, 5) is 0. The van der Waals surface area contributed by atoms with E-state index < -0.39 is 5.60 Å². The van der Waals surface area contributed by atoms with Crippen LogP contribution in [-0.4, -0.2) is 24.4 Å². The van der Waals surface area contributed by atoms with Crippen molar-refractivity contribution in [3.05, 3.63) is 34.9 Å². The fraction of sp³-hybridized carbons (Fsp3) is 0.538. The van der Waals surface area contributed by atoms with Crippen LogP contribution in [0.15, 0.2) is 18.2 Å². The second-order valence-corrected chi connectivity index (χ2v) is 4.60. The van der Waals surface area contributed by atoms with Gasteiger partial charge in [-0.2, -0.15) is 0 Å². The van der Waals surface area contributed by atoms with Crippen molar-refractivity contribution in [2.75, 3.05) is 13.7 Å². The highest BCUT2D eigenvalue weighted by atomic mass is 16.5. The van der Waals surface area contributed by atoms with Crippen molar-refractivity contribution in [3.8, 4) is 0 Å². The van der Waals surface area contributed by atoms with Crippen LogP contribution in [0.25, 0.3) is 0 Å². The van der Waals surface area contributed by atoms with Crippen LogP contribution in [0.5, 0.6) is 0 Å². The zero-order chi connectivity index (χ0) is 11.5. The van der Waals surface area contributed by atoms with Gasteiger partial charge in [-0.1, -0.05) is 29.3 Å². The average molecular weight is 208 g/mol. The maximum absolute atomic E-state index is 10.0. The summed E-state index contributed by atoms with van der Waals surface area (Å²) in [7, 11) is 1.61. The van der Waals surface area contributed by atoms with Gasteiger partial charge in [-0.15, -0.1) is 0 Å². The number of aryl methyl sites for hydroxylation is 2. The van der Waals surface area contributed by atoms with E-state index in [4.69, 9.17) is 4.74 Å². The average Bonchev–Trinajstić information content (AvgIpc) is 1.99. The van der Waals surface area contributed by atoms with Crippen molar-refractivity contribution >= 4 is 0 Å². The number of hydrogen-bond donors (Lipinski definition) is 1.